The maximum atomic E-state index is 13.8. The highest BCUT2D eigenvalue weighted by molar-refractivity contribution is 7.90. The normalized spacial score (nSPS) is 28.8. The highest BCUT2D eigenvalue weighted by atomic mass is 35.5. The summed E-state index contributed by atoms with van der Waals surface area (Å²) in [5.74, 6) is 1.42. The molecule has 0 amide bonds. The van der Waals surface area contributed by atoms with Gasteiger partial charge in [-0.1, -0.05) is 38.4 Å². The van der Waals surface area contributed by atoms with Crippen LogP contribution < -0.4 is 0 Å². The minimum absolute atomic E-state index is 0.0000168. The molecule has 8 heteroatoms. The van der Waals surface area contributed by atoms with E-state index in [4.69, 9.17) is 16.3 Å². The first-order valence-corrected chi connectivity index (χ1v) is 12.5. The number of aryl methyl sites for hydroxylation is 1. The molecular formula is C22H28ClFN2O3S. The van der Waals surface area contributed by atoms with E-state index in [0.717, 1.165) is 12.7 Å². The highest BCUT2D eigenvalue weighted by Gasteiger charge is 2.57. The predicted octanol–water partition coefficient (Wildman–Crippen LogP) is 5.09. The molecule has 0 saturated heterocycles. The molecule has 30 heavy (non-hydrogen) atoms. The first-order valence-electron chi connectivity index (χ1n) is 10.3. The fourth-order valence-electron chi connectivity index (χ4n) is 5.39. The van der Waals surface area contributed by atoms with Gasteiger partial charge in [-0.15, -0.1) is 0 Å². The molecule has 3 aliphatic rings. The lowest BCUT2D eigenvalue weighted by Gasteiger charge is -2.62. The molecule has 3 aliphatic carbocycles. The van der Waals surface area contributed by atoms with E-state index in [1.807, 2.05) is 0 Å². The van der Waals surface area contributed by atoms with Crippen LogP contribution in [0.3, 0.4) is 0 Å². The smallest absolute Gasteiger partial charge is 0.194 e. The number of nitrogens with one attached hydrogen (secondary N) is 1. The maximum absolute atomic E-state index is 13.8. The molecular weight excluding hydrogens is 427 g/mol. The second-order valence-corrected chi connectivity index (χ2v) is 11.8. The van der Waals surface area contributed by atoms with Crippen molar-refractivity contribution in [2.75, 3.05) is 6.26 Å². The topological polar surface area (TPSA) is 72.0 Å². The number of H-pyrrole nitrogens is 1. The molecule has 5 atom stereocenters. The minimum Gasteiger partial charge on any atom is -0.362 e. The molecule has 2 bridgehead atoms. The van der Waals surface area contributed by atoms with Gasteiger partial charge in [-0.25, -0.2) is 17.8 Å². The van der Waals surface area contributed by atoms with Crippen molar-refractivity contribution >= 4 is 21.4 Å². The third-order valence-electron chi connectivity index (χ3n) is 7.30. The molecule has 3 unspecified atom stereocenters. The van der Waals surface area contributed by atoms with Crippen LogP contribution in [-0.4, -0.2) is 30.7 Å². The van der Waals surface area contributed by atoms with Crippen LogP contribution in [0.15, 0.2) is 23.2 Å². The second kappa shape index (κ2) is 7.31. The number of rotatable bonds is 5. The average Bonchev–Trinajstić information content (AvgIpc) is 3.04. The Hall–Kier alpha value is -1.44. The lowest BCUT2D eigenvalue weighted by atomic mass is 9.45. The zero-order chi connectivity index (χ0) is 22.0. The Morgan fingerprint density at radius 3 is 2.57 bits per heavy atom. The number of aromatic amines is 1. The van der Waals surface area contributed by atoms with Crippen LogP contribution in [0.4, 0.5) is 4.39 Å². The molecule has 3 saturated carbocycles. The Bertz CT molecular complexity index is 1080. The molecule has 5 nitrogen and oxygen atoms in total. The summed E-state index contributed by atoms with van der Waals surface area (Å²) >= 11 is 6.04. The van der Waals surface area contributed by atoms with Crippen molar-refractivity contribution in [2.45, 2.75) is 57.8 Å². The molecule has 0 spiro atoms. The van der Waals surface area contributed by atoms with Gasteiger partial charge in [0.05, 0.1) is 16.8 Å². The Morgan fingerprint density at radius 2 is 2.03 bits per heavy atom. The fraction of sp³-hybridized carbons (Fsp3) is 0.591. The first kappa shape index (κ1) is 21.8. The monoisotopic (exact) mass is 454 g/mol. The van der Waals surface area contributed by atoms with Crippen molar-refractivity contribution < 1.29 is 17.5 Å². The number of halogens is 2. The molecule has 1 N–H and O–H groups in total. The van der Waals surface area contributed by atoms with Crippen molar-refractivity contribution in [1.82, 2.24) is 9.97 Å². The molecule has 0 radical (unpaired) electrons. The number of sulfone groups is 1. The summed E-state index contributed by atoms with van der Waals surface area (Å²) in [5.41, 5.74) is 1.41. The number of fused-ring (bicyclic) bond motifs is 2. The number of hydrogen-bond donors (Lipinski definition) is 1. The Morgan fingerprint density at radius 1 is 1.33 bits per heavy atom. The number of imidazole rings is 1. The van der Waals surface area contributed by atoms with E-state index >= 15 is 0 Å². The van der Waals surface area contributed by atoms with E-state index in [0.29, 0.717) is 40.3 Å². The molecule has 164 valence electrons. The zero-order valence-corrected chi connectivity index (χ0v) is 19.4. The van der Waals surface area contributed by atoms with Crippen molar-refractivity contribution in [3.05, 3.63) is 46.1 Å². The lowest BCUT2D eigenvalue weighted by Crippen LogP contribution is -2.57. The van der Waals surface area contributed by atoms with Gasteiger partial charge in [0.2, 0.25) is 0 Å². The summed E-state index contributed by atoms with van der Waals surface area (Å²) in [5, 5.41) is -0.00614. The van der Waals surface area contributed by atoms with E-state index in [2.05, 4.69) is 30.7 Å². The van der Waals surface area contributed by atoms with Gasteiger partial charge in [-0.2, -0.15) is 0 Å². The molecule has 3 fully saturated rings. The predicted molar refractivity (Wildman–Crippen MR) is 114 cm³/mol. The van der Waals surface area contributed by atoms with Gasteiger partial charge >= 0.3 is 0 Å². The summed E-state index contributed by atoms with van der Waals surface area (Å²) < 4.78 is 44.5. The summed E-state index contributed by atoms with van der Waals surface area (Å²) in [7, 11) is -3.49. The van der Waals surface area contributed by atoms with Gasteiger partial charge in [-0.05, 0) is 60.6 Å². The van der Waals surface area contributed by atoms with Crippen molar-refractivity contribution in [1.29, 1.82) is 0 Å². The van der Waals surface area contributed by atoms with Crippen LogP contribution in [-0.2, 0) is 14.6 Å². The van der Waals surface area contributed by atoms with Crippen LogP contribution >= 0.6 is 11.6 Å². The van der Waals surface area contributed by atoms with Crippen LogP contribution in [0.5, 0.6) is 0 Å². The van der Waals surface area contributed by atoms with Gasteiger partial charge in [0.15, 0.2) is 14.9 Å². The SMILES string of the molecule is Cc1[nH]c(C(O[C@H]2CC3CC([C@@H]2C)C3(C)C)c2ccc(F)c(Cl)c2)nc1S(C)(=O)=O. The molecule has 1 heterocycles. The average molecular weight is 455 g/mol. The van der Waals surface area contributed by atoms with Crippen LogP contribution in [0, 0.1) is 35.9 Å². The maximum Gasteiger partial charge on any atom is 0.194 e. The molecule has 0 aliphatic heterocycles. The highest BCUT2D eigenvalue weighted by Crippen LogP contribution is 2.62. The second-order valence-electron chi connectivity index (χ2n) is 9.51. The Labute approximate surface area is 182 Å². The van der Waals surface area contributed by atoms with E-state index in [9.17, 15) is 12.8 Å². The van der Waals surface area contributed by atoms with Gasteiger partial charge in [0, 0.05) is 6.26 Å². The molecule has 1 aromatic carbocycles. The molecule has 5 rings (SSSR count). The summed E-state index contributed by atoms with van der Waals surface area (Å²) in [6.45, 7) is 8.53. The third kappa shape index (κ3) is 3.59. The number of benzene rings is 1. The zero-order valence-electron chi connectivity index (χ0n) is 17.9. The van der Waals surface area contributed by atoms with Crippen molar-refractivity contribution in [3.63, 3.8) is 0 Å². The van der Waals surface area contributed by atoms with Crippen molar-refractivity contribution in [3.8, 4) is 0 Å². The van der Waals surface area contributed by atoms with Gasteiger partial charge < -0.3 is 9.72 Å². The Kier molecular flexibility index (Phi) is 5.31. The standard InChI is InChI=1S/C22H28ClFN2O3S/c1-11-15-9-14(22(15,3)4)10-18(11)29-19(13-6-7-17(24)16(23)8-13)20-25-12(2)21(26-20)30(5,27)28/h6-8,11,14-15,18-19H,9-10H2,1-5H3,(H,25,26)/t11-,14?,15?,18-,19?/m0/s1. The molecule has 1 aromatic heterocycles. The largest absolute Gasteiger partial charge is 0.362 e. The first-order chi connectivity index (χ1) is 13.9. The van der Waals surface area contributed by atoms with Gasteiger partial charge in [0.25, 0.3) is 0 Å². The number of nitrogens with zero attached hydrogens (tertiary/aromatic N) is 1. The number of aromatic nitrogens is 2. The van der Waals surface area contributed by atoms with Gasteiger partial charge in [-0.3, -0.25) is 0 Å². The third-order valence-corrected chi connectivity index (χ3v) is 8.69. The summed E-state index contributed by atoms with van der Waals surface area (Å²) in [6, 6.07) is 4.44. The van der Waals surface area contributed by atoms with Crippen LogP contribution in [0.2, 0.25) is 5.02 Å². The van der Waals surface area contributed by atoms with Gasteiger partial charge in [0.1, 0.15) is 17.7 Å². The minimum atomic E-state index is -3.49. The fourth-order valence-corrected chi connectivity index (χ4v) is 6.45. The summed E-state index contributed by atoms with van der Waals surface area (Å²) in [4.78, 5) is 7.43. The number of hydrogen-bond acceptors (Lipinski definition) is 4. The quantitative estimate of drug-likeness (QED) is 0.682. The molecule has 2 aromatic rings. The Balaban J connectivity index is 1.71. The van der Waals surface area contributed by atoms with E-state index in [-0.39, 0.29) is 16.2 Å². The summed E-state index contributed by atoms with van der Waals surface area (Å²) in [6.07, 6.45) is 2.63. The van der Waals surface area contributed by atoms with E-state index < -0.39 is 21.8 Å². The van der Waals surface area contributed by atoms with E-state index in [1.165, 1.54) is 18.6 Å². The van der Waals surface area contributed by atoms with E-state index in [1.54, 1.807) is 13.0 Å². The van der Waals surface area contributed by atoms with Crippen molar-refractivity contribution in [2.24, 2.45) is 23.2 Å². The number of ether oxygens (including phenoxy) is 1. The van der Waals surface area contributed by atoms with Crippen LogP contribution in [0.1, 0.15) is 56.8 Å². The lowest BCUT2D eigenvalue weighted by molar-refractivity contribution is -0.183. The van der Waals surface area contributed by atoms with Crippen LogP contribution in [0.25, 0.3) is 0 Å².